The van der Waals surface area contributed by atoms with Gasteiger partial charge in [-0.3, -0.25) is 0 Å². The molecule has 0 aliphatic rings. The Morgan fingerprint density at radius 3 is 2.52 bits per heavy atom. The van der Waals surface area contributed by atoms with E-state index in [0.29, 0.717) is 17.6 Å². The van der Waals surface area contributed by atoms with E-state index in [4.69, 9.17) is 4.74 Å². The molecule has 0 radical (unpaired) electrons. The fourth-order valence-corrected chi connectivity index (χ4v) is 2.67. The summed E-state index contributed by atoms with van der Waals surface area (Å²) < 4.78 is 20.3. The summed E-state index contributed by atoms with van der Waals surface area (Å²) in [4.78, 5) is 0. The Kier molecular flexibility index (Phi) is 4.42. The van der Waals surface area contributed by atoms with Crippen molar-refractivity contribution in [1.29, 1.82) is 0 Å². The van der Waals surface area contributed by atoms with Crippen molar-refractivity contribution in [2.45, 2.75) is 13.3 Å². The molecule has 0 saturated carbocycles. The first kappa shape index (κ1) is 15.3. The molecule has 116 valence electrons. The van der Waals surface area contributed by atoms with Gasteiger partial charge in [-0.05, 0) is 35.1 Å². The highest BCUT2D eigenvalue weighted by Crippen LogP contribution is 2.30. The van der Waals surface area contributed by atoms with Gasteiger partial charge in [-0.15, -0.1) is 0 Å². The molecule has 0 fully saturated rings. The van der Waals surface area contributed by atoms with Crippen LogP contribution in [0, 0.1) is 5.82 Å². The van der Waals surface area contributed by atoms with Gasteiger partial charge in [0.05, 0.1) is 0 Å². The zero-order valence-electron chi connectivity index (χ0n) is 13.2. The Hall–Kier alpha value is -2.61. The molecule has 0 atom stereocenters. The predicted octanol–water partition coefficient (Wildman–Crippen LogP) is 5.77. The second kappa shape index (κ2) is 6.66. The van der Waals surface area contributed by atoms with E-state index in [2.05, 4.69) is 19.6 Å². The SMILES string of the molecule is C=CCOc1ccc(-c2ccc3cc(CC)ccc3c2F)cc1. The second-order valence-corrected chi connectivity index (χ2v) is 5.46. The highest BCUT2D eigenvalue weighted by Gasteiger charge is 2.10. The van der Waals surface area contributed by atoms with E-state index < -0.39 is 0 Å². The zero-order chi connectivity index (χ0) is 16.2. The summed E-state index contributed by atoms with van der Waals surface area (Å²) in [7, 11) is 0. The van der Waals surface area contributed by atoms with Crippen molar-refractivity contribution in [3.8, 4) is 16.9 Å². The van der Waals surface area contributed by atoms with Crippen LogP contribution in [0.3, 0.4) is 0 Å². The summed E-state index contributed by atoms with van der Waals surface area (Å²) >= 11 is 0. The summed E-state index contributed by atoms with van der Waals surface area (Å²) in [6.07, 6.45) is 2.65. The van der Waals surface area contributed by atoms with E-state index in [1.807, 2.05) is 48.5 Å². The van der Waals surface area contributed by atoms with Gasteiger partial charge in [0.2, 0.25) is 0 Å². The highest BCUT2D eigenvalue weighted by molar-refractivity contribution is 5.88. The molecule has 0 aliphatic carbocycles. The van der Waals surface area contributed by atoms with Crippen LogP contribution in [-0.4, -0.2) is 6.61 Å². The third kappa shape index (κ3) is 3.11. The lowest BCUT2D eigenvalue weighted by molar-refractivity contribution is 0.363. The van der Waals surface area contributed by atoms with Crippen molar-refractivity contribution >= 4 is 10.8 Å². The summed E-state index contributed by atoms with van der Waals surface area (Å²) in [5, 5.41) is 1.60. The summed E-state index contributed by atoms with van der Waals surface area (Å²) in [5.74, 6) is 0.576. The predicted molar refractivity (Wildman–Crippen MR) is 94.4 cm³/mol. The first-order chi connectivity index (χ1) is 11.2. The molecule has 0 spiro atoms. The number of hydrogen-bond donors (Lipinski definition) is 0. The average molecular weight is 306 g/mol. The van der Waals surface area contributed by atoms with Crippen molar-refractivity contribution in [2.24, 2.45) is 0 Å². The van der Waals surface area contributed by atoms with Crippen LogP contribution in [0.15, 0.2) is 67.3 Å². The number of rotatable bonds is 5. The molecule has 2 heteroatoms. The maximum atomic E-state index is 14.8. The molecule has 0 heterocycles. The van der Waals surface area contributed by atoms with Crippen LogP contribution in [0.5, 0.6) is 5.75 Å². The zero-order valence-corrected chi connectivity index (χ0v) is 13.2. The Morgan fingerprint density at radius 1 is 1.04 bits per heavy atom. The van der Waals surface area contributed by atoms with Crippen molar-refractivity contribution < 1.29 is 9.13 Å². The van der Waals surface area contributed by atoms with Crippen LogP contribution in [0.4, 0.5) is 4.39 Å². The van der Waals surface area contributed by atoms with Gasteiger partial charge in [-0.2, -0.15) is 0 Å². The van der Waals surface area contributed by atoms with Gasteiger partial charge in [0, 0.05) is 10.9 Å². The average Bonchev–Trinajstić information content (AvgIpc) is 2.60. The molecule has 0 saturated heterocycles. The molecule has 0 unspecified atom stereocenters. The summed E-state index contributed by atoms with van der Waals surface area (Å²) in [5.41, 5.74) is 2.67. The van der Waals surface area contributed by atoms with Gasteiger partial charge < -0.3 is 4.74 Å². The van der Waals surface area contributed by atoms with E-state index in [9.17, 15) is 4.39 Å². The van der Waals surface area contributed by atoms with Gasteiger partial charge in [0.15, 0.2) is 0 Å². The van der Waals surface area contributed by atoms with Gasteiger partial charge in [0.1, 0.15) is 18.2 Å². The molecule has 0 aromatic heterocycles. The Balaban J connectivity index is 1.99. The van der Waals surface area contributed by atoms with Crippen molar-refractivity contribution in [2.75, 3.05) is 6.61 Å². The van der Waals surface area contributed by atoms with Crippen molar-refractivity contribution in [1.82, 2.24) is 0 Å². The van der Waals surface area contributed by atoms with E-state index in [0.717, 1.165) is 23.1 Å². The Bertz CT molecular complexity index is 834. The number of hydrogen-bond acceptors (Lipinski definition) is 1. The number of fused-ring (bicyclic) bond motifs is 1. The van der Waals surface area contributed by atoms with Crippen LogP contribution < -0.4 is 4.74 Å². The lowest BCUT2D eigenvalue weighted by Crippen LogP contribution is -1.93. The first-order valence-corrected chi connectivity index (χ1v) is 7.78. The summed E-state index contributed by atoms with van der Waals surface area (Å²) in [6, 6.07) is 17.2. The fourth-order valence-electron chi connectivity index (χ4n) is 2.67. The molecule has 3 aromatic rings. The molecule has 0 amide bonds. The lowest BCUT2D eigenvalue weighted by atomic mass is 9.98. The molecule has 3 rings (SSSR count). The van der Waals surface area contributed by atoms with Crippen molar-refractivity contribution in [3.05, 3.63) is 78.6 Å². The number of ether oxygens (including phenoxy) is 1. The van der Waals surface area contributed by atoms with E-state index in [1.54, 1.807) is 6.08 Å². The number of aryl methyl sites for hydroxylation is 1. The smallest absolute Gasteiger partial charge is 0.138 e. The minimum atomic E-state index is -0.176. The highest BCUT2D eigenvalue weighted by atomic mass is 19.1. The van der Waals surface area contributed by atoms with E-state index in [-0.39, 0.29) is 5.82 Å². The molecular formula is C21H19FO. The molecular weight excluding hydrogens is 287 g/mol. The minimum absolute atomic E-state index is 0.176. The van der Waals surface area contributed by atoms with Crippen LogP contribution >= 0.6 is 0 Å². The van der Waals surface area contributed by atoms with Crippen LogP contribution in [-0.2, 0) is 6.42 Å². The largest absolute Gasteiger partial charge is 0.490 e. The quantitative estimate of drug-likeness (QED) is 0.543. The fraction of sp³-hybridized carbons (Fsp3) is 0.143. The molecule has 0 aliphatic heterocycles. The first-order valence-electron chi connectivity index (χ1n) is 7.78. The lowest BCUT2D eigenvalue weighted by Gasteiger charge is -2.09. The number of benzene rings is 3. The third-order valence-corrected chi connectivity index (χ3v) is 3.96. The van der Waals surface area contributed by atoms with Gasteiger partial charge in [0.25, 0.3) is 0 Å². The summed E-state index contributed by atoms with van der Waals surface area (Å²) in [6.45, 7) is 6.18. The van der Waals surface area contributed by atoms with E-state index >= 15 is 0 Å². The van der Waals surface area contributed by atoms with Gasteiger partial charge >= 0.3 is 0 Å². The van der Waals surface area contributed by atoms with Crippen molar-refractivity contribution in [3.63, 3.8) is 0 Å². The monoisotopic (exact) mass is 306 g/mol. The topological polar surface area (TPSA) is 9.23 Å². The maximum absolute atomic E-state index is 14.8. The van der Waals surface area contributed by atoms with Crippen LogP contribution in [0.25, 0.3) is 21.9 Å². The van der Waals surface area contributed by atoms with Gasteiger partial charge in [-0.1, -0.05) is 62.0 Å². The standard InChI is InChI=1S/C21H19FO/c1-3-13-23-18-9-6-16(7-10-18)19-12-8-17-14-15(4-2)5-11-20(17)21(19)22/h3,5-12,14H,1,4,13H2,2H3. The minimum Gasteiger partial charge on any atom is -0.490 e. The second-order valence-electron chi connectivity index (χ2n) is 5.46. The van der Waals surface area contributed by atoms with Crippen LogP contribution in [0.2, 0.25) is 0 Å². The van der Waals surface area contributed by atoms with Gasteiger partial charge in [-0.25, -0.2) is 4.39 Å². The van der Waals surface area contributed by atoms with Crippen LogP contribution in [0.1, 0.15) is 12.5 Å². The molecule has 0 bridgehead atoms. The normalized spacial score (nSPS) is 10.7. The molecule has 0 N–H and O–H groups in total. The Labute approximate surface area is 136 Å². The third-order valence-electron chi connectivity index (χ3n) is 3.96. The molecule has 1 nitrogen and oxygen atoms in total. The Morgan fingerprint density at radius 2 is 1.83 bits per heavy atom. The number of halogens is 1. The molecule has 3 aromatic carbocycles. The maximum Gasteiger partial charge on any atom is 0.138 e. The van der Waals surface area contributed by atoms with E-state index in [1.165, 1.54) is 5.56 Å². The molecule has 23 heavy (non-hydrogen) atoms.